The topological polar surface area (TPSA) is 46.0 Å². The van der Waals surface area contributed by atoms with Gasteiger partial charge in [0.2, 0.25) is 5.88 Å². The van der Waals surface area contributed by atoms with Crippen LogP contribution in [0.5, 0.6) is 5.88 Å². The molecule has 1 heterocycles. The fourth-order valence-corrected chi connectivity index (χ4v) is 0.809. The molecular formula is C9H7F5N2O. The third-order valence-electron chi connectivity index (χ3n) is 1.74. The van der Waals surface area contributed by atoms with E-state index in [0.717, 1.165) is 18.5 Å². The van der Waals surface area contributed by atoms with Crippen molar-refractivity contribution in [1.82, 2.24) is 4.98 Å². The van der Waals surface area contributed by atoms with E-state index in [2.05, 4.69) is 9.72 Å². The number of pyridine rings is 1. The second-order valence-corrected chi connectivity index (χ2v) is 3.06. The Labute approximate surface area is 92.7 Å². The maximum atomic E-state index is 12.4. The largest absolute Gasteiger partial charge is 0.471 e. The molecule has 0 fully saturated rings. The minimum Gasteiger partial charge on any atom is -0.471 e. The van der Waals surface area contributed by atoms with Crippen molar-refractivity contribution in [2.24, 2.45) is 0 Å². The van der Waals surface area contributed by atoms with Gasteiger partial charge in [0.25, 0.3) is 0 Å². The Hall–Kier alpha value is -1.73. The zero-order valence-electron chi connectivity index (χ0n) is 8.26. The zero-order chi connectivity index (χ0) is 13.1. The molecule has 0 amide bonds. The summed E-state index contributed by atoms with van der Waals surface area (Å²) in [7, 11) is 0. The van der Waals surface area contributed by atoms with Crippen LogP contribution in [0.1, 0.15) is 5.56 Å². The van der Waals surface area contributed by atoms with Crippen LogP contribution in [0.4, 0.5) is 22.0 Å². The minimum absolute atomic E-state index is 0.362. The lowest BCUT2D eigenvalue weighted by Crippen LogP contribution is -2.41. The molecule has 0 atom stereocenters. The van der Waals surface area contributed by atoms with Gasteiger partial charge < -0.3 is 10.1 Å². The second-order valence-electron chi connectivity index (χ2n) is 3.06. The highest BCUT2D eigenvalue weighted by Crippen LogP contribution is 2.35. The van der Waals surface area contributed by atoms with Crippen molar-refractivity contribution in [3.63, 3.8) is 0 Å². The number of hydrogen-bond acceptors (Lipinski definition) is 3. The van der Waals surface area contributed by atoms with Crippen LogP contribution in [-0.2, 0) is 0 Å². The van der Waals surface area contributed by atoms with E-state index in [-0.39, 0.29) is 5.88 Å². The summed E-state index contributed by atoms with van der Waals surface area (Å²) in [5.74, 6) is -5.28. The third kappa shape index (κ3) is 3.36. The summed E-state index contributed by atoms with van der Waals surface area (Å²) in [6.07, 6.45) is -3.59. The van der Waals surface area contributed by atoms with Crippen LogP contribution in [0.3, 0.4) is 0 Å². The molecule has 0 aliphatic carbocycles. The number of hydrogen-bond donors (Lipinski definition) is 1. The van der Waals surface area contributed by atoms with Gasteiger partial charge in [0.15, 0.2) is 6.61 Å². The van der Waals surface area contributed by atoms with Crippen molar-refractivity contribution < 1.29 is 26.7 Å². The van der Waals surface area contributed by atoms with E-state index in [4.69, 9.17) is 5.41 Å². The van der Waals surface area contributed by atoms with Crippen molar-refractivity contribution in [1.29, 1.82) is 5.41 Å². The molecular weight excluding hydrogens is 247 g/mol. The predicted molar refractivity (Wildman–Crippen MR) is 48.6 cm³/mol. The van der Waals surface area contributed by atoms with Crippen LogP contribution in [0, 0.1) is 5.41 Å². The standard InChI is InChI=1S/C9H7F5N2O/c10-8(11,9(12,13)14)5-17-7-2-1-6(3-15)4-16-7/h1-4,15H,5H2. The van der Waals surface area contributed by atoms with Gasteiger partial charge in [-0.05, 0) is 6.07 Å². The Morgan fingerprint density at radius 3 is 2.29 bits per heavy atom. The van der Waals surface area contributed by atoms with Gasteiger partial charge in [-0.15, -0.1) is 0 Å². The first-order chi connectivity index (χ1) is 7.76. The molecule has 0 aliphatic rings. The van der Waals surface area contributed by atoms with Crippen molar-refractivity contribution in [3.8, 4) is 5.88 Å². The molecule has 0 aromatic carbocycles. The zero-order valence-corrected chi connectivity index (χ0v) is 8.26. The summed E-state index contributed by atoms with van der Waals surface area (Å²) >= 11 is 0. The van der Waals surface area contributed by atoms with Gasteiger partial charge in [-0.25, -0.2) is 4.98 Å². The molecule has 1 N–H and O–H groups in total. The summed E-state index contributed by atoms with van der Waals surface area (Å²) < 4.78 is 64.5. The lowest BCUT2D eigenvalue weighted by molar-refractivity contribution is -0.290. The van der Waals surface area contributed by atoms with Crippen LogP contribution in [0.25, 0.3) is 0 Å². The molecule has 94 valence electrons. The molecule has 0 bridgehead atoms. The molecule has 1 rings (SSSR count). The molecule has 0 saturated heterocycles. The lowest BCUT2D eigenvalue weighted by atomic mass is 10.3. The number of rotatable bonds is 4. The summed E-state index contributed by atoms with van der Waals surface area (Å²) in [6.45, 7) is -1.83. The SMILES string of the molecule is N=Cc1ccc(OCC(F)(F)C(F)(F)F)nc1. The van der Waals surface area contributed by atoms with Crippen LogP contribution >= 0.6 is 0 Å². The molecule has 8 heteroatoms. The van der Waals surface area contributed by atoms with E-state index < -0.39 is 18.7 Å². The predicted octanol–water partition coefficient (Wildman–Crippen LogP) is 2.66. The van der Waals surface area contributed by atoms with Crippen LogP contribution < -0.4 is 4.74 Å². The Morgan fingerprint density at radius 2 is 1.88 bits per heavy atom. The second kappa shape index (κ2) is 4.64. The average molecular weight is 254 g/mol. The fourth-order valence-electron chi connectivity index (χ4n) is 0.809. The monoisotopic (exact) mass is 254 g/mol. The number of aromatic nitrogens is 1. The molecule has 0 unspecified atom stereocenters. The van der Waals surface area contributed by atoms with Gasteiger partial charge in [-0.3, -0.25) is 0 Å². The normalized spacial score (nSPS) is 12.3. The molecule has 3 nitrogen and oxygen atoms in total. The fraction of sp³-hybridized carbons (Fsp3) is 0.333. The summed E-state index contributed by atoms with van der Waals surface area (Å²) in [5.41, 5.74) is 0.375. The first-order valence-electron chi connectivity index (χ1n) is 4.30. The van der Waals surface area contributed by atoms with E-state index in [1.165, 1.54) is 6.07 Å². The first-order valence-corrected chi connectivity index (χ1v) is 4.30. The Balaban J connectivity index is 2.64. The van der Waals surface area contributed by atoms with Gasteiger partial charge in [-0.2, -0.15) is 22.0 Å². The summed E-state index contributed by atoms with van der Waals surface area (Å²) in [6, 6.07) is 2.41. The molecule has 0 saturated carbocycles. The molecule has 0 spiro atoms. The van der Waals surface area contributed by atoms with Gasteiger partial charge in [0.05, 0.1) is 0 Å². The van der Waals surface area contributed by atoms with Gasteiger partial charge in [0.1, 0.15) is 0 Å². The van der Waals surface area contributed by atoms with Crippen LogP contribution in [0.15, 0.2) is 18.3 Å². The number of alkyl halides is 5. The highest BCUT2D eigenvalue weighted by molar-refractivity contribution is 5.76. The highest BCUT2D eigenvalue weighted by Gasteiger charge is 2.58. The first kappa shape index (κ1) is 13.3. The van der Waals surface area contributed by atoms with E-state index in [9.17, 15) is 22.0 Å². The Morgan fingerprint density at radius 1 is 1.24 bits per heavy atom. The summed E-state index contributed by atoms with van der Waals surface area (Å²) in [5, 5.41) is 6.82. The molecule has 0 radical (unpaired) electrons. The number of nitrogens with zero attached hydrogens (tertiary/aromatic N) is 1. The molecule has 1 aromatic heterocycles. The van der Waals surface area contributed by atoms with Crippen molar-refractivity contribution >= 4 is 6.21 Å². The smallest absolute Gasteiger partial charge is 0.456 e. The number of ether oxygens (including phenoxy) is 1. The van der Waals surface area contributed by atoms with Gasteiger partial charge in [-0.1, -0.05) is 0 Å². The molecule has 0 aliphatic heterocycles. The van der Waals surface area contributed by atoms with Crippen molar-refractivity contribution in [2.45, 2.75) is 12.1 Å². The van der Waals surface area contributed by atoms with E-state index >= 15 is 0 Å². The average Bonchev–Trinajstić information content (AvgIpc) is 2.25. The molecule has 17 heavy (non-hydrogen) atoms. The van der Waals surface area contributed by atoms with Gasteiger partial charge in [0, 0.05) is 24.0 Å². The van der Waals surface area contributed by atoms with Crippen LogP contribution in [-0.4, -0.2) is 29.9 Å². The number of halogens is 5. The number of nitrogens with one attached hydrogen (secondary N) is 1. The third-order valence-corrected chi connectivity index (χ3v) is 1.74. The van der Waals surface area contributed by atoms with E-state index in [1.807, 2.05) is 0 Å². The van der Waals surface area contributed by atoms with Crippen molar-refractivity contribution in [3.05, 3.63) is 23.9 Å². The van der Waals surface area contributed by atoms with Crippen LogP contribution in [0.2, 0.25) is 0 Å². The quantitative estimate of drug-likeness (QED) is 0.663. The molecule has 1 aromatic rings. The van der Waals surface area contributed by atoms with E-state index in [0.29, 0.717) is 5.56 Å². The lowest BCUT2D eigenvalue weighted by Gasteiger charge is -2.19. The van der Waals surface area contributed by atoms with Gasteiger partial charge >= 0.3 is 12.1 Å². The van der Waals surface area contributed by atoms with E-state index in [1.54, 1.807) is 0 Å². The van der Waals surface area contributed by atoms with Crippen molar-refractivity contribution in [2.75, 3.05) is 6.61 Å². The summed E-state index contributed by atoms with van der Waals surface area (Å²) in [4.78, 5) is 3.46. The maximum absolute atomic E-state index is 12.4. The Bertz CT molecular complexity index is 387. The minimum atomic E-state index is -5.65. The maximum Gasteiger partial charge on any atom is 0.456 e. The Kier molecular flexibility index (Phi) is 3.64. The highest BCUT2D eigenvalue weighted by atomic mass is 19.4.